The molecule has 0 aliphatic rings. The lowest BCUT2D eigenvalue weighted by Crippen LogP contribution is -2.40. The number of imide groups is 1. The zero-order valence-electron chi connectivity index (χ0n) is 12.9. The van der Waals surface area contributed by atoms with Crippen molar-refractivity contribution in [3.63, 3.8) is 0 Å². The first-order valence-electron chi connectivity index (χ1n) is 7.55. The number of amides is 3. The third-order valence-electron chi connectivity index (χ3n) is 3.57. The molecule has 0 spiro atoms. The zero-order chi connectivity index (χ0) is 16.8. The number of rotatable bonds is 4. The van der Waals surface area contributed by atoms with Crippen LogP contribution in [0.2, 0.25) is 0 Å². The van der Waals surface area contributed by atoms with E-state index < -0.39 is 6.03 Å². The van der Waals surface area contributed by atoms with Crippen LogP contribution >= 0.6 is 0 Å². The molecule has 0 aliphatic carbocycles. The maximum Gasteiger partial charge on any atom is 0.340 e. The van der Waals surface area contributed by atoms with E-state index in [-0.39, 0.29) is 0 Å². The summed E-state index contributed by atoms with van der Waals surface area (Å²) in [5, 5.41) is 0. The minimum atomic E-state index is -0.436. The molecule has 3 aromatic carbocycles. The van der Waals surface area contributed by atoms with Crippen LogP contribution in [0.3, 0.4) is 0 Å². The van der Waals surface area contributed by atoms with E-state index in [1.54, 1.807) is 24.3 Å². The molecule has 0 N–H and O–H groups in total. The highest BCUT2D eigenvalue weighted by Gasteiger charge is 2.24. The lowest BCUT2D eigenvalue weighted by atomic mass is 10.2. The summed E-state index contributed by atoms with van der Waals surface area (Å²) in [6.07, 6.45) is 0.538. The van der Waals surface area contributed by atoms with Crippen molar-refractivity contribution in [1.29, 1.82) is 0 Å². The van der Waals surface area contributed by atoms with E-state index in [4.69, 9.17) is 0 Å². The Hall–Kier alpha value is -3.40. The van der Waals surface area contributed by atoms with Crippen LogP contribution in [0.4, 0.5) is 21.9 Å². The maximum atomic E-state index is 13.1. The SMILES string of the molecule is O=CN(C(=O)N(c1ccccc1)c1ccccc1)c1ccccc1. The van der Waals surface area contributed by atoms with Gasteiger partial charge < -0.3 is 0 Å². The number of para-hydroxylation sites is 3. The number of hydrogen-bond donors (Lipinski definition) is 0. The fourth-order valence-corrected chi connectivity index (χ4v) is 2.44. The number of anilines is 3. The highest BCUT2D eigenvalue weighted by molar-refractivity contribution is 6.16. The van der Waals surface area contributed by atoms with Gasteiger partial charge in [0.05, 0.1) is 17.1 Å². The van der Waals surface area contributed by atoms with Crippen LogP contribution in [-0.2, 0) is 4.79 Å². The second-order valence-corrected chi connectivity index (χ2v) is 5.10. The largest absolute Gasteiger partial charge is 0.340 e. The smallest absolute Gasteiger partial charge is 0.278 e. The van der Waals surface area contributed by atoms with E-state index in [1.807, 2.05) is 66.7 Å². The molecule has 118 valence electrons. The first kappa shape index (κ1) is 15.5. The quantitative estimate of drug-likeness (QED) is 0.660. The van der Waals surface area contributed by atoms with Gasteiger partial charge in [-0.05, 0) is 36.4 Å². The Morgan fingerprint density at radius 2 is 1.00 bits per heavy atom. The average molecular weight is 316 g/mol. The molecule has 0 heterocycles. The maximum absolute atomic E-state index is 13.1. The Balaban J connectivity index is 2.05. The van der Waals surface area contributed by atoms with Gasteiger partial charge >= 0.3 is 6.03 Å². The summed E-state index contributed by atoms with van der Waals surface area (Å²) in [5.41, 5.74) is 1.90. The van der Waals surface area contributed by atoms with E-state index >= 15 is 0 Å². The molecule has 0 unspecified atom stereocenters. The zero-order valence-corrected chi connectivity index (χ0v) is 12.9. The molecule has 0 saturated carbocycles. The van der Waals surface area contributed by atoms with E-state index in [1.165, 1.54) is 4.90 Å². The first-order chi connectivity index (χ1) is 11.8. The van der Waals surface area contributed by atoms with Crippen LogP contribution < -0.4 is 9.80 Å². The van der Waals surface area contributed by atoms with Crippen molar-refractivity contribution < 1.29 is 9.59 Å². The van der Waals surface area contributed by atoms with Gasteiger partial charge in [0, 0.05) is 0 Å². The number of carbonyl (C=O) groups excluding carboxylic acids is 2. The Morgan fingerprint density at radius 3 is 1.38 bits per heavy atom. The summed E-state index contributed by atoms with van der Waals surface area (Å²) >= 11 is 0. The molecule has 0 atom stereocenters. The fourth-order valence-electron chi connectivity index (χ4n) is 2.44. The number of urea groups is 1. The summed E-state index contributed by atoms with van der Waals surface area (Å²) < 4.78 is 0. The van der Waals surface area contributed by atoms with Crippen LogP contribution in [0.25, 0.3) is 0 Å². The molecule has 0 fully saturated rings. The third kappa shape index (κ3) is 3.17. The standard InChI is InChI=1S/C20H16N2O2/c23-16-21(17-10-4-1-5-11-17)20(24)22(18-12-6-2-7-13-18)19-14-8-3-9-15-19/h1-16H. The molecule has 0 aliphatic heterocycles. The molecule has 24 heavy (non-hydrogen) atoms. The molecule has 0 radical (unpaired) electrons. The summed E-state index contributed by atoms with van der Waals surface area (Å²) in [5.74, 6) is 0. The summed E-state index contributed by atoms with van der Waals surface area (Å²) in [6.45, 7) is 0. The van der Waals surface area contributed by atoms with E-state index in [0.717, 1.165) is 4.90 Å². The molecule has 0 bridgehead atoms. The molecule has 4 nitrogen and oxygen atoms in total. The Bertz CT molecular complexity index is 765. The molecule has 3 amide bonds. The van der Waals surface area contributed by atoms with Crippen molar-refractivity contribution in [2.45, 2.75) is 0 Å². The van der Waals surface area contributed by atoms with Crippen molar-refractivity contribution >= 4 is 29.5 Å². The predicted molar refractivity (Wildman–Crippen MR) is 95.4 cm³/mol. The van der Waals surface area contributed by atoms with Crippen LogP contribution in [0.15, 0.2) is 91.0 Å². The van der Waals surface area contributed by atoms with Gasteiger partial charge in [-0.3, -0.25) is 9.69 Å². The van der Waals surface area contributed by atoms with Gasteiger partial charge in [0.15, 0.2) is 0 Å². The molecular weight excluding hydrogens is 300 g/mol. The number of carbonyl (C=O) groups is 2. The first-order valence-corrected chi connectivity index (χ1v) is 7.55. The molecule has 0 saturated heterocycles. The number of hydrogen-bond acceptors (Lipinski definition) is 2. The average Bonchev–Trinajstić information content (AvgIpc) is 2.65. The topological polar surface area (TPSA) is 40.6 Å². The van der Waals surface area contributed by atoms with Crippen LogP contribution in [0, 0.1) is 0 Å². The van der Waals surface area contributed by atoms with Crippen molar-refractivity contribution in [3.8, 4) is 0 Å². The fraction of sp³-hybridized carbons (Fsp3) is 0. The van der Waals surface area contributed by atoms with Gasteiger partial charge in [-0.1, -0.05) is 54.6 Å². The molecule has 3 rings (SSSR count). The minimum Gasteiger partial charge on any atom is -0.278 e. The van der Waals surface area contributed by atoms with Crippen molar-refractivity contribution in [3.05, 3.63) is 91.0 Å². The van der Waals surface area contributed by atoms with Crippen molar-refractivity contribution in [2.75, 3.05) is 9.80 Å². The monoisotopic (exact) mass is 316 g/mol. The molecular formula is C20H16N2O2. The second-order valence-electron chi connectivity index (χ2n) is 5.10. The minimum absolute atomic E-state index is 0.436. The van der Waals surface area contributed by atoms with Crippen LogP contribution in [0.1, 0.15) is 0 Å². The molecule has 0 aromatic heterocycles. The lowest BCUT2D eigenvalue weighted by Gasteiger charge is -2.27. The highest BCUT2D eigenvalue weighted by Crippen LogP contribution is 2.27. The predicted octanol–water partition coefficient (Wildman–Crippen LogP) is 4.61. The summed E-state index contributed by atoms with van der Waals surface area (Å²) in [7, 11) is 0. The van der Waals surface area contributed by atoms with Gasteiger partial charge in [-0.15, -0.1) is 0 Å². The lowest BCUT2D eigenvalue weighted by molar-refractivity contribution is -0.106. The summed E-state index contributed by atoms with van der Waals surface area (Å²) in [6, 6.07) is 26.9. The molecule has 4 heteroatoms. The molecule has 3 aromatic rings. The van der Waals surface area contributed by atoms with Gasteiger partial charge in [-0.25, -0.2) is 9.69 Å². The van der Waals surface area contributed by atoms with Gasteiger partial charge in [0.25, 0.3) is 0 Å². The van der Waals surface area contributed by atoms with Crippen LogP contribution in [-0.4, -0.2) is 12.4 Å². The van der Waals surface area contributed by atoms with Crippen molar-refractivity contribution in [2.24, 2.45) is 0 Å². The Kier molecular flexibility index (Phi) is 4.68. The van der Waals surface area contributed by atoms with Crippen molar-refractivity contribution in [1.82, 2.24) is 0 Å². The highest BCUT2D eigenvalue weighted by atomic mass is 16.2. The number of nitrogens with zero attached hydrogens (tertiary/aromatic N) is 2. The number of benzene rings is 3. The van der Waals surface area contributed by atoms with Gasteiger partial charge in [0.1, 0.15) is 0 Å². The van der Waals surface area contributed by atoms with Gasteiger partial charge in [0.2, 0.25) is 6.41 Å². The van der Waals surface area contributed by atoms with E-state index in [9.17, 15) is 9.59 Å². The van der Waals surface area contributed by atoms with E-state index in [2.05, 4.69) is 0 Å². The Morgan fingerprint density at radius 1 is 0.625 bits per heavy atom. The van der Waals surface area contributed by atoms with E-state index in [0.29, 0.717) is 23.5 Å². The van der Waals surface area contributed by atoms with Gasteiger partial charge in [-0.2, -0.15) is 0 Å². The summed E-state index contributed by atoms with van der Waals surface area (Å²) in [4.78, 5) is 27.3. The Labute approximate surface area is 140 Å². The second kappa shape index (κ2) is 7.24. The van der Waals surface area contributed by atoms with Crippen LogP contribution in [0.5, 0.6) is 0 Å². The normalized spacial score (nSPS) is 10.0. The third-order valence-corrected chi connectivity index (χ3v) is 3.57.